The molecule has 2 heterocycles. The van der Waals surface area contributed by atoms with Crippen LogP contribution in [0.5, 0.6) is 5.75 Å². The molecule has 8 nitrogen and oxygen atoms in total. The topological polar surface area (TPSA) is 106 Å². The average Bonchev–Trinajstić information content (AvgIpc) is 3.42. The lowest BCUT2D eigenvalue weighted by Crippen LogP contribution is -2.49. The zero-order valence-electron chi connectivity index (χ0n) is 24.3. The molecule has 43 heavy (non-hydrogen) atoms. The van der Waals surface area contributed by atoms with Gasteiger partial charge in [0.15, 0.2) is 0 Å². The molecule has 0 saturated carbocycles. The number of hydrogen-bond donors (Lipinski definition) is 3. The van der Waals surface area contributed by atoms with Gasteiger partial charge in [-0.2, -0.15) is 0 Å². The zero-order valence-corrected chi connectivity index (χ0v) is 25.8. The molecule has 3 aromatic carbocycles. The van der Waals surface area contributed by atoms with Crippen LogP contribution in [-0.2, 0) is 19.7 Å². The molecular formula is C32H32Cl2FN3O5. The van der Waals surface area contributed by atoms with Gasteiger partial charge in [0.1, 0.15) is 22.5 Å². The molecule has 4 atom stereocenters. The van der Waals surface area contributed by atoms with Gasteiger partial charge < -0.3 is 25.4 Å². The first-order chi connectivity index (χ1) is 20.3. The van der Waals surface area contributed by atoms with Crippen molar-refractivity contribution < 1.29 is 28.2 Å². The van der Waals surface area contributed by atoms with Crippen LogP contribution in [0.25, 0.3) is 0 Å². The molecule has 2 amide bonds. The van der Waals surface area contributed by atoms with E-state index in [0.717, 1.165) is 0 Å². The highest BCUT2D eigenvalue weighted by molar-refractivity contribution is 6.31. The summed E-state index contributed by atoms with van der Waals surface area (Å²) in [6.07, 6.45) is 0.479. The monoisotopic (exact) mass is 627 g/mol. The van der Waals surface area contributed by atoms with Crippen LogP contribution in [0.3, 0.4) is 0 Å². The van der Waals surface area contributed by atoms with Gasteiger partial charge in [0.05, 0.1) is 25.3 Å². The molecule has 0 aliphatic carbocycles. The van der Waals surface area contributed by atoms with Crippen LogP contribution >= 0.6 is 23.2 Å². The van der Waals surface area contributed by atoms with Crippen LogP contribution in [0.4, 0.5) is 15.8 Å². The SMILES string of the molecule is COC(=O)c1ccc(NC(=O)[C@@H]2N[C@@H](CC(C)(C)C)C3(C(=O)Nc4cc(Cl)ccc43)[C@H]2c2cccc(Cl)c2F)cc1OC. The lowest BCUT2D eigenvalue weighted by atomic mass is 9.62. The second-order valence-corrected chi connectivity index (χ2v) is 12.8. The lowest BCUT2D eigenvalue weighted by Gasteiger charge is -2.37. The minimum Gasteiger partial charge on any atom is -0.496 e. The number of benzene rings is 3. The molecule has 3 N–H and O–H groups in total. The van der Waals surface area contributed by atoms with Gasteiger partial charge in [0.2, 0.25) is 11.8 Å². The maximum absolute atomic E-state index is 15.9. The largest absolute Gasteiger partial charge is 0.496 e. The summed E-state index contributed by atoms with van der Waals surface area (Å²) in [7, 11) is 2.65. The fraction of sp³-hybridized carbons (Fsp3) is 0.344. The molecule has 5 rings (SSSR count). The Labute approximate surface area is 259 Å². The standard InChI is InChI=1S/C32H32Cl2FN3O5/c1-31(2,3)15-24-32(20-12-9-16(33)13-22(20)37-30(32)41)25(19-7-6-8-21(34)26(19)35)27(38-24)28(39)36-17-10-11-18(29(40)43-5)23(14-17)42-4/h6-14,24-25,27,38H,15H2,1-5H3,(H,36,39)(H,37,41)/t24-,25-,27+,32?/m0/s1. The molecule has 1 unspecified atom stereocenters. The fourth-order valence-corrected chi connectivity index (χ4v) is 6.77. The van der Waals surface area contributed by atoms with Crippen molar-refractivity contribution in [3.05, 3.63) is 87.2 Å². The predicted molar refractivity (Wildman–Crippen MR) is 164 cm³/mol. The number of rotatable bonds is 6. The Bertz CT molecular complexity index is 1620. The number of hydrogen-bond acceptors (Lipinski definition) is 6. The molecule has 3 aromatic rings. The summed E-state index contributed by atoms with van der Waals surface area (Å²) in [5.74, 6) is -2.98. The Morgan fingerprint density at radius 2 is 1.81 bits per heavy atom. The van der Waals surface area contributed by atoms with Gasteiger partial charge in [0.25, 0.3) is 0 Å². The highest BCUT2D eigenvalue weighted by atomic mass is 35.5. The van der Waals surface area contributed by atoms with Crippen molar-refractivity contribution in [1.82, 2.24) is 5.32 Å². The highest BCUT2D eigenvalue weighted by Gasteiger charge is 2.66. The number of carbonyl (C=O) groups is 3. The first-order valence-corrected chi connectivity index (χ1v) is 14.5. The van der Waals surface area contributed by atoms with Gasteiger partial charge in [-0.05, 0) is 53.3 Å². The number of halogens is 3. The van der Waals surface area contributed by atoms with Gasteiger partial charge in [0, 0.05) is 34.4 Å². The van der Waals surface area contributed by atoms with Crippen molar-refractivity contribution in [2.24, 2.45) is 5.41 Å². The van der Waals surface area contributed by atoms with Crippen molar-refractivity contribution in [2.75, 3.05) is 24.9 Å². The summed E-state index contributed by atoms with van der Waals surface area (Å²) in [6, 6.07) is 12.6. The van der Waals surface area contributed by atoms with Crippen LogP contribution in [0.1, 0.15) is 54.6 Å². The summed E-state index contributed by atoms with van der Waals surface area (Å²) in [5, 5.41) is 9.56. The Morgan fingerprint density at radius 3 is 2.49 bits per heavy atom. The minimum atomic E-state index is -1.38. The summed E-state index contributed by atoms with van der Waals surface area (Å²) in [4.78, 5) is 40.6. The third-order valence-electron chi connectivity index (χ3n) is 8.10. The first kappa shape index (κ1) is 30.8. The molecule has 1 spiro atoms. The van der Waals surface area contributed by atoms with E-state index in [1.807, 2.05) is 20.8 Å². The smallest absolute Gasteiger partial charge is 0.341 e. The van der Waals surface area contributed by atoms with E-state index in [4.69, 9.17) is 32.7 Å². The van der Waals surface area contributed by atoms with E-state index >= 15 is 4.39 Å². The molecule has 1 saturated heterocycles. The second kappa shape index (κ2) is 11.4. The van der Waals surface area contributed by atoms with E-state index in [9.17, 15) is 14.4 Å². The fourth-order valence-electron chi connectivity index (χ4n) is 6.42. The van der Waals surface area contributed by atoms with Gasteiger partial charge in [-0.25, -0.2) is 9.18 Å². The van der Waals surface area contributed by atoms with Gasteiger partial charge in [-0.15, -0.1) is 0 Å². The Morgan fingerprint density at radius 1 is 1.07 bits per heavy atom. The number of methoxy groups -OCH3 is 2. The second-order valence-electron chi connectivity index (χ2n) is 12.0. The Hall–Kier alpha value is -3.66. The summed E-state index contributed by atoms with van der Waals surface area (Å²) in [5.41, 5.74) is 0.115. The number of nitrogens with one attached hydrogen (secondary N) is 3. The highest BCUT2D eigenvalue weighted by Crippen LogP contribution is 2.57. The number of fused-ring (bicyclic) bond motifs is 2. The molecule has 11 heteroatoms. The van der Waals surface area contributed by atoms with E-state index in [2.05, 4.69) is 16.0 Å². The Kier molecular flexibility index (Phi) is 8.19. The molecule has 0 bridgehead atoms. The average molecular weight is 629 g/mol. The minimum absolute atomic E-state index is 0.121. The van der Waals surface area contributed by atoms with Crippen molar-refractivity contribution in [2.45, 2.75) is 50.6 Å². The summed E-state index contributed by atoms with van der Waals surface area (Å²) in [6.45, 7) is 6.11. The quantitative estimate of drug-likeness (QED) is 0.276. The summed E-state index contributed by atoms with van der Waals surface area (Å²) >= 11 is 12.6. The molecule has 0 radical (unpaired) electrons. The van der Waals surface area contributed by atoms with Crippen molar-refractivity contribution in [1.29, 1.82) is 0 Å². The number of carbonyl (C=O) groups excluding carboxylic acids is 3. The van der Waals surface area contributed by atoms with E-state index in [-0.39, 0.29) is 33.2 Å². The van der Waals surface area contributed by atoms with Crippen molar-refractivity contribution in [3.8, 4) is 5.75 Å². The van der Waals surface area contributed by atoms with Crippen LogP contribution in [0.15, 0.2) is 54.6 Å². The van der Waals surface area contributed by atoms with E-state index in [1.165, 1.54) is 32.4 Å². The normalized spacial score (nSPS) is 22.7. The summed E-state index contributed by atoms with van der Waals surface area (Å²) < 4.78 is 26.1. The van der Waals surface area contributed by atoms with E-state index in [1.54, 1.807) is 36.4 Å². The maximum atomic E-state index is 15.9. The molecule has 2 aliphatic heterocycles. The van der Waals surface area contributed by atoms with Crippen molar-refractivity contribution >= 4 is 52.4 Å². The maximum Gasteiger partial charge on any atom is 0.341 e. The van der Waals surface area contributed by atoms with Gasteiger partial charge in [-0.3, -0.25) is 9.59 Å². The predicted octanol–water partition coefficient (Wildman–Crippen LogP) is 6.32. The van der Waals surface area contributed by atoms with E-state index < -0.39 is 41.1 Å². The van der Waals surface area contributed by atoms with Crippen LogP contribution in [0, 0.1) is 11.2 Å². The van der Waals surface area contributed by atoms with Crippen molar-refractivity contribution in [3.63, 3.8) is 0 Å². The van der Waals surface area contributed by atoms with Crippen LogP contribution in [-0.4, -0.2) is 44.1 Å². The Balaban J connectivity index is 1.67. The molecule has 1 fully saturated rings. The van der Waals surface area contributed by atoms with E-state index in [0.29, 0.717) is 28.4 Å². The number of anilines is 2. The molecule has 226 valence electrons. The molecular weight excluding hydrogens is 596 g/mol. The van der Waals surface area contributed by atoms with Gasteiger partial charge >= 0.3 is 5.97 Å². The third kappa shape index (κ3) is 5.34. The van der Waals surface area contributed by atoms with Crippen LogP contribution in [0.2, 0.25) is 10.0 Å². The molecule has 2 aliphatic rings. The number of amides is 2. The lowest BCUT2D eigenvalue weighted by molar-refractivity contribution is -0.122. The number of esters is 1. The zero-order chi connectivity index (χ0) is 31.3. The third-order valence-corrected chi connectivity index (χ3v) is 8.62. The van der Waals surface area contributed by atoms with Gasteiger partial charge in [-0.1, -0.05) is 62.2 Å². The first-order valence-electron chi connectivity index (χ1n) is 13.7. The van der Waals surface area contributed by atoms with Crippen LogP contribution < -0.4 is 20.7 Å². The number of ether oxygens (including phenoxy) is 2. The molecule has 0 aromatic heterocycles.